The van der Waals surface area contributed by atoms with Gasteiger partial charge in [-0.2, -0.15) is 0 Å². The van der Waals surface area contributed by atoms with Crippen LogP contribution in [-0.4, -0.2) is 55.6 Å². The van der Waals surface area contributed by atoms with Crippen LogP contribution in [-0.2, 0) is 16.1 Å². The van der Waals surface area contributed by atoms with E-state index in [0.717, 1.165) is 23.2 Å². The first-order valence-corrected chi connectivity index (χ1v) is 8.42. The Kier molecular flexibility index (Phi) is 5.32. The van der Waals surface area contributed by atoms with Crippen LogP contribution in [0.15, 0.2) is 18.2 Å². The molecule has 2 aliphatic heterocycles. The summed E-state index contributed by atoms with van der Waals surface area (Å²) in [4.78, 5) is 25.9. The number of piperidine rings is 1. The molecule has 24 heavy (non-hydrogen) atoms. The van der Waals surface area contributed by atoms with Gasteiger partial charge in [0.1, 0.15) is 0 Å². The highest BCUT2D eigenvalue weighted by molar-refractivity contribution is 6.00. The minimum Gasteiger partial charge on any atom is -0.382 e. The zero-order chi connectivity index (χ0) is 16.9. The summed E-state index contributed by atoms with van der Waals surface area (Å²) in [5.74, 6) is 0.115. The Hall–Kier alpha value is -2.12. The third-order valence-electron chi connectivity index (χ3n) is 4.50. The van der Waals surface area contributed by atoms with E-state index >= 15 is 0 Å². The lowest BCUT2D eigenvalue weighted by Crippen LogP contribution is -2.48. The normalized spacial score (nSPS) is 20.0. The van der Waals surface area contributed by atoms with Crippen LogP contribution in [0.1, 0.15) is 28.8 Å². The maximum absolute atomic E-state index is 12.7. The molecule has 1 aromatic rings. The lowest BCUT2D eigenvalue weighted by molar-refractivity contribution is -0.123. The number of carbonyl (C=O) groups is 2. The number of rotatable bonds is 7. The summed E-state index contributed by atoms with van der Waals surface area (Å²) >= 11 is 0. The van der Waals surface area contributed by atoms with Crippen molar-refractivity contribution in [2.24, 2.45) is 5.73 Å². The van der Waals surface area contributed by atoms with Gasteiger partial charge in [-0.3, -0.25) is 9.59 Å². The standard InChI is InChI=1S/C17H24N4O3/c18-6-8-24-9-7-19-15-3-1-2-13-14(15)11-21(17(13)23)12-4-5-16(22)20-10-12/h1-3,12,19H,4-11,18H2,(H,20,22). The van der Waals surface area contributed by atoms with Gasteiger partial charge in [-0.05, 0) is 18.6 Å². The van der Waals surface area contributed by atoms with Crippen molar-refractivity contribution < 1.29 is 14.3 Å². The van der Waals surface area contributed by atoms with E-state index in [-0.39, 0.29) is 17.9 Å². The number of carbonyl (C=O) groups excluding carboxylic acids is 2. The SMILES string of the molecule is NCCOCCNc1cccc2c1CN(C1CCC(=O)NC1)C2=O. The molecule has 130 valence electrons. The van der Waals surface area contributed by atoms with E-state index in [9.17, 15) is 9.59 Å². The van der Waals surface area contributed by atoms with Gasteiger partial charge in [0, 0.05) is 49.4 Å². The van der Waals surface area contributed by atoms with E-state index in [1.54, 1.807) is 0 Å². The fourth-order valence-corrected chi connectivity index (χ4v) is 3.24. The van der Waals surface area contributed by atoms with Crippen molar-refractivity contribution in [2.45, 2.75) is 25.4 Å². The molecule has 0 aromatic heterocycles. The Morgan fingerprint density at radius 1 is 1.33 bits per heavy atom. The number of benzene rings is 1. The van der Waals surface area contributed by atoms with Crippen LogP contribution >= 0.6 is 0 Å². The number of hydrogen-bond donors (Lipinski definition) is 3. The van der Waals surface area contributed by atoms with Crippen LogP contribution in [0, 0.1) is 0 Å². The van der Waals surface area contributed by atoms with E-state index in [0.29, 0.717) is 45.8 Å². The first-order chi connectivity index (χ1) is 11.7. The quantitative estimate of drug-likeness (QED) is 0.625. The molecule has 0 bridgehead atoms. The first kappa shape index (κ1) is 16.7. The summed E-state index contributed by atoms with van der Waals surface area (Å²) in [6, 6.07) is 5.82. The van der Waals surface area contributed by atoms with Crippen LogP contribution < -0.4 is 16.4 Å². The number of fused-ring (bicyclic) bond motifs is 1. The highest BCUT2D eigenvalue weighted by Gasteiger charge is 2.35. The molecule has 2 aliphatic rings. The number of nitrogens with two attached hydrogens (primary N) is 1. The molecule has 0 radical (unpaired) electrons. The summed E-state index contributed by atoms with van der Waals surface area (Å²) in [5, 5.41) is 6.19. The van der Waals surface area contributed by atoms with Gasteiger partial charge in [0.25, 0.3) is 5.91 Å². The van der Waals surface area contributed by atoms with Gasteiger partial charge in [0.15, 0.2) is 0 Å². The van der Waals surface area contributed by atoms with E-state index < -0.39 is 0 Å². The molecule has 0 aliphatic carbocycles. The molecule has 0 spiro atoms. The van der Waals surface area contributed by atoms with Crippen LogP contribution in [0.2, 0.25) is 0 Å². The average Bonchev–Trinajstić information content (AvgIpc) is 2.93. The largest absolute Gasteiger partial charge is 0.382 e. The second-order valence-electron chi connectivity index (χ2n) is 6.09. The fourth-order valence-electron chi connectivity index (χ4n) is 3.24. The van der Waals surface area contributed by atoms with Gasteiger partial charge >= 0.3 is 0 Å². The lowest BCUT2D eigenvalue weighted by Gasteiger charge is -2.31. The Balaban J connectivity index is 1.64. The molecular formula is C17H24N4O3. The number of anilines is 1. The fraction of sp³-hybridized carbons (Fsp3) is 0.529. The minimum atomic E-state index is 0.0502. The van der Waals surface area contributed by atoms with E-state index in [1.807, 2.05) is 23.1 Å². The van der Waals surface area contributed by atoms with Crippen molar-refractivity contribution in [1.29, 1.82) is 0 Å². The number of hydrogen-bond acceptors (Lipinski definition) is 5. The van der Waals surface area contributed by atoms with Crippen LogP contribution in [0.25, 0.3) is 0 Å². The molecule has 2 heterocycles. The van der Waals surface area contributed by atoms with Crippen molar-refractivity contribution >= 4 is 17.5 Å². The van der Waals surface area contributed by atoms with E-state index in [1.165, 1.54) is 0 Å². The van der Waals surface area contributed by atoms with Crippen molar-refractivity contribution in [1.82, 2.24) is 10.2 Å². The Morgan fingerprint density at radius 3 is 2.96 bits per heavy atom. The summed E-state index contributed by atoms with van der Waals surface area (Å²) in [7, 11) is 0. The molecular weight excluding hydrogens is 308 g/mol. The number of nitrogens with zero attached hydrogens (tertiary/aromatic N) is 1. The average molecular weight is 332 g/mol. The van der Waals surface area contributed by atoms with Crippen LogP contribution in [0.5, 0.6) is 0 Å². The van der Waals surface area contributed by atoms with Gasteiger partial charge in [0.05, 0.1) is 19.3 Å². The van der Waals surface area contributed by atoms with Gasteiger partial charge in [-0.25, -0.2) is 0 Å². The highest BCUT2D eigenvalue weighted by Crippen LogP contribution is 2.31. The van der Waals surface area contributed by atoms with Gasteiger partial charge in [-0.1, -0.05) is 6.07 Å². The van der Waals surface area contributed by atoms with Crippen molar-refractivity contribution in [3.63, 3.8) is 0 Å². The Bertz CT molecular complexity index is 610. The number of amides is 2. The number of nitrogens with one attached hydrogen (secondary N) is 2. The highest BCUT2D eigenvalue weighted by atomic mass is 16.5. The van der Waals surface area contributed by atoms with Crippen molar-refractivity contribution in [2.75, 3.05) is 38.2 Å². The Labute approximate surface area is 141 Å². The van der Waals surface area contributed by atoms with Gasteiger partial charge in [0.2, 0.25) is 5.91 Å². The number of ether oxygens (including phenoxy) is 1. The molecule has 2 amide bonds. The zero-order valence-corrected chi connectivity index (χ0v) is 13.7. The predicted octanol–water partition coefficient (Wildman–Crippen LogP) is 0.308. The summed E-state index contributed by atoms with van der Waals surface area (Å²) < 4.78 is 5.37. The summed E-state index contributed by atoms with van der Waals surface area (Å²) in [5.41, 5.74) is 8.14. The van der Waals surface area contributed by atoms with Gasteiger partial charge < -0.3 is 26.0 Å². The van der Waals surface area contributed by atoms with Crippen LogP contribution in [0.4, 0.5) is 5.69 Å². The van der Waals surface area contributed by atoms with Crippen molar-refractivity contribution in [3.8, 4) is 0 Å². The molecule has 7 heteroatoms. The zero-order valence-electron chi connectivity index (χ0n) is 13.7. The second kappa shape index (κ2) is 7.63. The summed E-state index contributed by atoms with van der Waals surface area (Å²) in [6.07, 6.45) is 1.20. The van der Waals surface area contributed by atoms with Crippen LogP contribution in [0.3, 0.4) is 0 Å². The first-order valence-electron chi connectivity index (χ1n) is 8.42. The molecule has 1 fully saturated rings. The molecule has 3 rings (SSSR count). The van der Waals surface area contributed by atoms with Crippen molar-refractivity contribution in [3.05, 3.63) is 29.3 Å². The molecule has 1 unspecified atom stereocenters. The molecule has 4 N–H and O–H groups in total. The van der Waals surface area contributed by atoms with E-state index in [2.05, 4.69) is 10.6 Å². The molecule has 1 aromatic carbocycles. The molecule has 7 nitrogen and oxygen atoms in total. The smallest absolute Gasteiger partial charge is 0.254 e. The third kappa shape index (κ3) is 3.52. The minimum absolute atomic E-state index is 0.0502. The van der Waals surface area contributed by atoms with Gasteiger partial charge in [-0.15, -0.1) is 0 Å². The summed E-state index contributed by atoms with van der Waals surface area (Å²) in [6.45, 7) is 3.43. The Morgan fingerprint density at radius 2 is 2.21 bits per heavy atom. The molecule has 1 saturated heterocycles. The maximum Gasteiger partial charge on any atom is 0.254 e. The monoisotopic (exact) mass is 332 g/mol. The molecule has 0 saturated carbocycles. The topological polar surface area (TPSA) is 96.7 Å². The second-order valence-corrected chi connectivity index (χ2v) is 6.09. The lowest BCUT2D eigenvalue weighted by atomic mass is 10.1. The molecule has 1 atom stereocenters. The predicted molar refractivity (Wildman–Crippen MR) is 90.7 cm³/mol. The van der Waals surface area contributed by atoms with E-state index in [4.69, 9.17) is 10.5 Å². The maximum atomic E-state index is 12.7. The third-order valence-corrected chi connectivity index (χ3v) is 4.50.